The molecule has 1 saturated heterocycles. The Bertz CT molecular complexity index is 1420. The predicted molar refractivity (Wildman–Crippen MR) is 135 cm³/mol. The Morgan fingerprint density at radius 3 is 2.63 bits per heavy atom. The highest BCUT2D eigenvalue weighted by atomic mass is 16.6. The molecule has 1 atom stereocenters. The lowest BCUT2D eigenvalue weighted by Crippen LogP contribution is -2.36. The minimum atomic E-state index is -0.829. The molecule has 4 aromatic rings. The molecule has 1 amide bonds. The van der Waals surface area contributed by atoms with Crippen LogP contribution < -0.4 is 10.1 Å². The molecule has 0 saturated carbocycles. The maximum atomic E-state index is 12.7. The lowest BCUT2D eigenvalue weighted by molar-refractivity contribution is -0.147. The van der Waals surface area contributed by atoms with Crippen LogP contribution in [0.3, 0.4) is 0 Å². The maximum Gasteiger partial charge on any atom is 0.307 e. The molecule has 1 unspecified atom stereocenters. The molecule has 2 N–H and O–H groups in total. The molecule has 1 fully saturated rings. The largest absolute Gasteiger partial charge is 0.459 e. The quantitative estimate of drug-likeness (QED) is 0.349. The van der Waals surface area contributed by atoms with Crippen molar-refractivity contribution in [2.24, 2.45) is 5.92 Å². The second-order valence-corrected chi connectivity index (χ2v) is 9.01. The molecule has 1 aliphatic rings. The fourth-order valence-electron chi connectivity index (χ4n) is 4.18. The predicted octanol–water partition coefficient (Wildman–Crippen LogP) is 5.81. The topological polar surface area (TPSA) is 93.3 Å². The molecule has 0 aliphatic carbocycles. The SMILES string of the molecule is CC1(C)OC(=O)CC1C(=O)Nc1cccc(Oc2ccc3c(/C=C/c4ccccc4)n[nH]c3c2)c1. The number of aromatic amines is 1. The van der Waals surface area contributed by atoms with Crippen molar-refractivity contribution < 1.29 is 19.1 Å². The summed E-state index contributed by atoms with van der Waals surface area (Å²) in [5.41, 5.74) is 2.55. The van der Waals surface area contributed by atoms with E-state index in [1.807, 2.05) is 66.7 Å². The van der Waals surface area contributed by atoms with Crippen LogP contribution in [0.4, 0.5) is 5.69 Å². The van der Waals surface area contributed by atoms with Crippen LogP contribution in [0.25, 0.3) is 23.1 Å². The highest BCUT2D eigenvalue weighted by Crippen LogP contribution is 2.34. The normalized spacial score (nSPS) is 17.0. The van der Waals surface area contributed by atoms with E-state index in [4.69, 9.17) is 9.47 Å². The number of amides is 1. The first-order valence-electron chi connectivity index (χ1n) is 11.4. The van der Waals surface area contributed by atoms with Gasteiger partial charge in [0.15, 0.2) is 0 Å². The van der Waals surface area contributed by atoms with Crippen molar-refractivity contribution in [2.45, 2.75) is 25.9 Å². The summed E-state index contributed by atoms with van der Waals surface area (Å²) < 4.78 is 11.3. The third kappa shape index (κ3) is 4.94. The van der Waals surface area contributed by atoms with E-state index in [-0.39, 0.29) is 18.3 Å². The zero-order chi connectivity index (χ0) is 24.4. The highest BCUT2D eigenvalue weighted by molar-refractivity contribution is 5.97. The van der Waals surface area contributed by atoms with Gasteiger partial charge in [-0.3, -0.25) is 14.7 Å². The number of benzene rings is 3. The van der Waals surface area contributed by atoms with Crippen LogP contribution in [0.1, 0.15) is 31.5 Å². The number of hydrogen-bond donors (Lipinski definition) is 2. The van der Waals surface area contributed by atoms with Crippen LogP contribution in [0.2, 0.25) is 0 Å². The van der Waals surface area contributed by atoms with Crippen LogP contribution in [0, 0.1) is 5.92 Å². The standard InChI is InChI=1S/C28H25N3O4/c1-28(2)23(17-26(32)35-28)27(33)29-19-9-6-10-20(15-19)34-21-12-13-22-24(30-31-25(22)16-21)14-11-18-7-4-3-5-8-18/h3-16,23H,17H2,1-2H3,(H,29,33)(H,30,31)/b14-11+. The monoisotopic (exact) mass is 467 g/mol. The third-order valence-electron chi connectivity index (χ3n) is 6.04. The Labute approximate surface area is 202 Å². The number of ether oxygens (including phenoxy) is 2. The highest BCUT2D eigenvalue weighted by Gasteiger charge is 2.46. The van der Waals surface area contributed by atoms with Gasteiger partial charge in [-0.1, -0.05) is 42.5 Å². The molecule has 176 valence electrons. The van der Waals surface area contributed by atoms with Gasteiger partial charge in [0.05, 0.1) is 23.5 Å². The average Bonchev–Trinajstić information content (AvgIpc) is 3.36. The Morgan fingerprint density at radius 2 is 1.86 bits per heavy atom. The maximum absolute atomic E-state index is 12.7. The van der Waals surface area contributed by atoms with Crippen molar-refractivity contribution >= 4 is 40.6 Å². The van der Waals surface area contributed by atoms with Crippen molar-refractivity contribution in [3.05, 3.63) is 84.1 Å². The van der Waals surface area contributed by atoms with Gasteiger partial charge in [-0.2, -0.15) is 5.10 Å². The second kappa shape index (κ2) is 9.10. The number of fused-ring (bicyclic) bond motifs is 1. The Kier molecular flexibility index (Phi) is 5.82. The van der Waals surface area contributed by atoms with Gasteiger partial charge < -0.3 is 14.8 Å². The van der Waals surface area contributed by atoms with Crippen molar-refractivity contribution in [1.29, 1.82) is 0 Å². The van der Waals surface area contributed by atoms with Crippen molar-refractivity contribution in [1.82, 2.24) is 10.2 Å². The molecule has 1 aliphatic heterocycles. The molecular formula is C28H25N3O4. The Hall–Kier alpha value is -4.39. The summed E-state index contributed by atoms with van der Waals surface area (Å²) in [4.78, 5) is 24.4. The van der Waals surface area contributed by atoms with Crippen molar-refractivity contribution in [2.75, 3.05) is 5.32 Å². The zero-order valence-corrected chi connectivity index (χ0v) is 19.4. The summed E-state index contributed by atoms with van der Waals surface area (Å²) >= 11 is 0. The molecule has 0 spiro atoms. The van der Waals surface area contributed by atoms with Gasteiger partial charge in [-0.15, -0.1) is 0 Å². The van der Waals surface area contributed by atoms with Crippen LogP contribution in [-0.2, 0) is 14.3 Å². The van der Waals surface area contributed by atoms with Crippen LogP contribution in [0.5, 0.6) is 11.5 Å². The molecule has 0 bridgehead atoms. The van der Waals surface area contributed by atoms with Gasteiger partial charge in [0, 0.05) is 23.2 Å². The van der Waals surface area contributed by atoms with E-state index in [0.29, 0.717) is 17.2 Å². The summed E-state index contributed by atoms with van der Waals surface area (Å²) in [6.07, 6.45) is 4.07. The summed E-state index contributed by atoms with van der Waals surface area (Å²) in [7, 11) is 0. The lowest BCUT2D eigenvalue weighted by Gasteiger charge is -2.23. The number of hydrogen-bond acceptors (Lipinski definition) is 5. The average molecular weight is 468 g/mol. The van der Waals surface area contributed by atoms with E-state index < -0.39 is 11.5 Å². The number of cyclic esters (lactones) is 1. The smallest absolute Gasteiger partial charge is 0.307 e. The number of rotatable bonds is 6. The number of carbonyl (C=O) groups is 2. The van der Waals surface area contributed by atoms with Crippen molar-refractivity contribution in [3.63, 3.8) is 0 Å². The minimum Gasteiger partial charge on any atom is -0.459 e. The van der Waals surface area contributed by atoms with Gasteiger partial charge in [-0.25, -0.2) is 0 Å². The third-order valence-corrected chi connectivity index (χ3v) is 6.04. The molecule has 2 heterocycles. The summed E-state index contributed by atoms with van der Waals surface area (Å²) in [5, 5.41) is 11.3. The number of carbonyl (C=O) groups excluding carboxylic acids is 2. The van der Waals surface area contributed by atoms with E-state index in [1.54, 1.807) is 32.0 Å². The number of anilines is 1. The van der Waals surface area contributed by atoms with Gasteiger partial charge in [0.1, 0.15) is 17.1 Å². The van der Waals surface area contributed by atoms with E-state index in [9.17, 15) is 9.59 Å². The van der Waals surface area contributed by atoms with Crippen LogP contribution in [0.15, 0.2) is 72.8 Å². The zero-order valence-electron chi connectivity index (χ0n) is 19.4. The Balaban J connectivity index is 1.29. The molecule has 7 heteroatoms. The first-order chi connectivity index (χ1) is 16.9. The molecule has 1 aromatic heterocycles. The number of esters is 1. The van der Waals surface area contributed by atoms with E-state index in [1.165, 1.54) is 0 Å². The first kappa shape index (κ1) is 22.4. The van der Waals surface area contributed by atoms with Crippen LogP contribution in [-0.4, -0.2) is 27.7 Å². The minimum absolute atomic E-state index is 0.0712. The van der Waals surface area contributed by atoms with Gasteiger partial charge in [0.25, 0.3) is 0 Å². The molecule has 3 aromatic carbocycles. The summed E-state index contributed by atoms with van der Waals surface area (Å²) in [6.45, 7) is 3.49. The van der Waals surface area contributed by atoms with Gasteiger partial charge >= 0.3 is 5.97 Å². The molecular weight excluding hydrogens is 442 g/mol. The molecule has 0 radical (unpaired) electrons. The fraction of sp³-hybridized carbons (Fsp3) is 0.179. The van der Waals surface area contributed by atoms with E-state index in [0.717, 1.165) is 22.2 Å². The summed E-state index contributed by atoms with van der Waals surface area (Å²) in [5.74, 6) is 0.0450. The van der Waals surface area contributed by atoms with Gasteiger partial charge in [0.2, 0.25) is 5.91 Å². The first-order valence-corrected chi connectivity index (χ1v) is 11.4. The molecule has 7 nitrogen and oxygen atoms in total. The number of aromatic nitrogens is 2. The van der Waals surface area contributed by atoms with Gasteiger partial charge in [-0.05, 0) is 49.8 Å². The number of nitrogens with zero attached hydrogens (tertiary/aromatic N) is 1. The lowest BCUT2D eigenvalue weighted by atomic mass is 9.90. The molecule has 5 rings (SSSR count). The number of nitrogens with one attached hydrogen (secondary N) is 2. The second-order valence-electron chi connectivity index (χ2n) is 9.01. The van der Waals surface area contributed by atoms with Crippen LogP contribution >= 0.6 is 0 Å². The van der Waals surface area contributed by atoms with E-state index >= 15 is 0 Å². The number of H-pyrrole nitrogens is 1. The summed E-state index contributed by atoms with van der Waals surface area (Å²) in [6, 6.07) is 22.9. The Morgan fingerprint density at radius 1 is 1.06 bits per heavy atom. The fourth-order valence-corrected chi connectivity index (χ4v) is 4.18. The van der Waals surface area contributed by atoms with E-state index in [2.05, 4.69) is 15.5 Å². The van der Waals surface area contributed by atoms with Crippen molar-refractivity contribution in [3.8, 4) is 11.5 Å². The molecule has 35 heavy (non-hydrogen) atoms.